The molecule has 0 spiro atoms. The Kier molecular flexibility index (Phi) is 6.87. The van der Waals surface area contributed by atoms with Crippen molar-refractivity contribution < 1.29 is 33.8 Å². The molecule has 0 aromatic rings. The summed E-state index contributed by atoms with van der Waals surface area (Å²) in [4.78, 5) is 50.7. The number of ether oxygens (including phenoxy) is 2. The topological polar surface area (TPSA) is 107 Å². The van der Waals surface area contributed by atoms with Gasteiger partial charge in [0, 0.05) is 35.5 Å². The van der Waals surface area contributed by atoms with Crippen LogP contribution in [0.4, 0.5) is 0 Å². The molecule has 9 atom stereocenters. The second-order valence-electron chi connectivity index (χ2n) is 11.9. The number of allylic oxidation sites excluding steroid dienone is 4. The van der Waals surface area contributed by atoms with Crippen LogP contribution >= 0.6 is 0 Å². The van der Waals surface area contributed by atoms with E-state index in [0.29, 0.717) is 6.42 Å². The van der Waals surface area contributed by atoms with E-state index in [-0.39, 0.29) is 54.6 Å². The average molecular weight is 501 g/mol. The molecular weight excluding hydrogens is 460 g/mol. The number of fused-ring (bicyclic) bond motifs is 5. The summed E-state index contributed by atoms with van der Waals surface area (Å²) in [6.07, 6.45) is 6.55. The second kappa shape index (κ2) is 9.23. The first-order valence-corrected chi connectivity index (χ1v) is 13.4. The van der Waals surface area contributed by atoms with Crippen LogP contribution in [0.2, 0.25) is 0 Å². The molecule has 1 N–H and O–H groups in total. The Morgan fingerprint density at radius 2 is 1.75 bits per heavy atom. The van der Waals surface area contributed by atoms with Gasteiger partial charge in [-0.25, -0.2) is 0 Å². The van der Waals surface area contributed by atoms with E-state index in [0.717, 1.165) is 12.0 Å². The number of Topliss-reactive ketones (excluding diaryl/α,β-unsaturated/α-hetero) is 1. The third-order valence-corrected chi connectivity index (χ3v) is 9.99. The van der Waals surface area contributed by atoms with Crippen LogP contribution in [0.1, 0.15) is 73.6 Å². The highest BCUT2D eigenvalue weighted by Crippen LogP contribution is 2.69. The van der Waals surface area contributed by atoms with Gasteiger partial charge in [0.05, 0.1) is 6.10 Å². The Bertz CT molecular complexity index is 1030. The molecule has 7 heteroatoms. The normalized spacial score (nSPS) is 43.1. The van der Waals surface area contributed by atoms with E-state index < -0.39 is 46.9 Å². The summed E-state index contributed by atoms with van der Waals surface area (Å²) in [5.74, 6) is -1.56. The summed E-state index contributed by atoms with van der Waals surface area (Å²) in [5, 5.41) is 11.7. The van der Waals surface area contributed by atoms with Crippen molar-refractivity contribution in [3.8, 4) is 0 Å². The van der Waals surface area contributed by atoms with Crippen LogP contribution in [0.5, 0.6) is 0 Å². The summed E-state index contributed by atoms with van der Waals surface area (Å²) in [5.41, 5.74) is -1.69. The lowest BCUT2D eigenvalue weighted by Crippen LogP contribution is -2.64. The van der Waals surface area contributed by atoms with Gasteiger partial charge in [-0.1, -0.05) is 53.2 Å². The number of aliphatic hydroxyl groups excluding tert-OH is 1. The van der Waals surface area contributed by atoms with Crippen LogP contribution in [0.15, 0.2) is 23.8 Å². The predicted octanol–water partition coefficient (Wildman–Crippen LogP) is 3.97. The molecular formula is C29H40O7. The van der Waals surface area contributed by atoms with Crippen molar-refractivity contribution in [2.75, 3.05) is 6.61 Å². The Balaban J connectivity index is 1.78. The van der Waals surface area contributed by atoms with Crippen LogP contribution in [0.25, 0.3) is 0 Å². The monoisotopic (exact) mass is 500 g/mol. The standard InChI is InChI=1S/C29H40O7/c1-7-24(33)35-15-23(32)29(36-25(34)8-2)17(4)12-21-19-11-16(3)20-13-18(30)9-10-27(20,5)26(19)22(31)14-28(21,29)6/h9-10,13,16-17,19,21-22,26,31H,7-8,11-12,14-15H2,1-6H3/t16-,17-,19-,21-,22-,26+,27-,28-,29-/m0/s1. The quantitative estimate of drug-likeness (QED) is 0.550. The minimum atomic E-state index is -1.48. The summed E-state index contributed by atoms with van der Waals surface area (Å²) < 4.78 is 11.3. The predicted molar refractivity (Wildman–Crippen MR) is 132 cm³/mol. The van der Waals surface area contributed by atoms with Crippen molar-refractivity contribution >= 4 is 23.5 Å². The molecule has 3 saturated carbocycles. The fourth-order valence-electron chi connectivity index (χ4n) is 8.54. The van der Waals surface area contributed by atoms with Gasteiger partial charge in [-0.3, -0.25) is 19.2 Å². The van der Waals surface area contributed by atoms with E-state index in [1.165, 1.54) is 0 Å². The minimum Gasteiger partial charge on any atom is -0.457 e. The molecule has 4 rings (SSSR count). The second-order valence-corrected chi connectivity index (χ2v) is 11.9. The van der Waals surface area contributed by atoms with Crippen molar-refractivity contribution in [2.45, 2.75) is 85.4 Å². The zero-order valence-electron chi connectivity index (χ0n) is 22.3. The smallest absolute Gasteiger partial charge is 0.306 e. The van der Waals surface area contributed by atoms with Gasteiger partial charge in [-0.05, 0) is 49.2 Å². The largest absolute Gasteiger partial charge is 0.457 e. The van der Waals surface area contributed by atoms with Gasteiger partial charge in [0.1, 0.15) is 0 Å². The highest BCUT2D eigenvalue weighted by atomic mass is 16.6. The van der Waals surface area contributed by atoms with E-state index in [1.54, 1.807) is 26.0 Å². The zero-order chi connectivity index (χ0) is 26.6. The SMILES string of the molecule is CCC(=O)OCC(=O)[C@@]1(OC(=O)CC)[C@@H](C)C[C@H]2[C@@H]3C[C@H](C)C4=CC(=O)C=C[C@]4(C)[C@H]3[C@@H](O)C[C@@]21C. The van der Waals surface area contributed by atoms with Crippen LogP contribution in [0, 0.1) is 40.4 Å². The molecule has 7 nitrogen and oxygen atoms in total. The average Bonchev–Trinajstić information content (AvgIpc) is 3.05. The van der Waals surface area contributed by atoms with Gasteiger partial charge < -0.3 is 14.6 Å². The first-order chi connectivity index (χ1) is 16.9. The van der Waals surface area contributed by atoms with Crippen LogP contribution in [0.3, 0.4) is 0 Å². The van der Waals surface area contributed by atoms with Crippen molar-refractivity contribution in [3.05, 3.63) is 23.8 Å². The highest BCUT2D eigenvalue weighted by Gasteiger charge is 2.73. The molecule has 0 radical (unpaired) electrons. The number of aliphatic hydroxyl groups is 1. The van der Waals surface area contributed by atoms with Crippen molar-refractivity contribution in [1.82, 2.24) is 0 Å². The lowest BCUT2D eigenvalue weighted by molar-refractivity contribution is -0.207. The number of carbonyl (C=O) groups is 4. The number of ketones is 2. The number of carbonyl (C=O) groups excluding carboxylic acids is 4. The molecule has 3 fully saturated rings. The fourth-order valence-corrected chi connectivity index (χ4v) is 8.54. The van der Waals surface area contributed by atoms with E-state index in [2.05, 4.69) is 13.8 Å². The maximum atomic E-state index is 13.9. The Labute approximate surface area is 213 Å². The Morgan fingerprint density at radius 1 is 1.08 bits per heavy atom. The zero-order valence-corrected chi connectivity index (χ0v) is 22.3. The van der Waals surface area contributed by atoms with Crippen LogP contribution in [-0.4, -0.2) is 46.9 Å². The molecule has 0 bridgehead atoms. The number of hydrogen-bond acceptors (Lipinski definition) is 7. The van der Waals surface area contributed by atoms with Gasteiger partial charge in [-0.15, -0.1) is 0 Å². The van der Waals surface area contributed by atoms with Gasteiger partial charge in [0.25, 0.3) is 0 Å². The molecule has 0 aliphatic heterocycles. The molecule has 0 aromatic carbocycles. The van der Waals surface area contributed by atoms with E-state index in [9.17, 15) is 24.3 Å². The van der Waals surface area contributed by atoms with Crippen molar-refractivity contribution in [3.63, 3.8) is 0 Å². The number of rotatable bonds is 6. The lowest BCUT2D eigenvalue weighted by Gasteiger charge is -2.61. The third-order valence-electron chi connectivity index (χ3n) is 9.99. The van der Waals surface area contributed by atoms with Gasteiger partial charge in [0.15, 0.2) is 18.0 Å². The number of hydrogen-bond donors (Lipinski definition) is 1. The third kappa shape index (κ3) is 3.72. The molecule has 4 aliphatic carbocycles. The van der Waals surface area contributed by atoms with Crippen molar-refractivity contribution in [2.24, 2.45) is 40.4 Å². The lowest BCUT2D eigenvalue weighted by atomic mass is 9.44. The molecule has 0 aromatic heterocycles. The first kappa shape index (κ1) is 26.8. The molecule has 36 heavy (non-hydrogen) atoms. The van der Waals surface area contributed by atoms with Crippen molar-refractivity contribution in [1.29, 1.82) is 0 Å². The molecule has 0 saturated heterocycles. The van der Waals surface area contributed by atoms with Gasteiger partial charge in [0.2, 0.25) is 5.78 Å². The van der Waals surface area contributed by atoms with E-state index in [4.69, 9.17) is 9.47 Å². The Hall–Kier alpha value is -2.28. The van der Waals surface area contributed by atoms with Crippen LogP contribution < -0.4 is 0 Å². The Morgan fingerprint density at radius 3 is 2.39 bits per heavy atom. The summed E-state index contributed by atoms with van der Waals surface area (Å²) in [6, 6.07) is 0. The van der Waals surface area contributed by atoms with E-state index >= 15 is 0 Å². The molecule has 0 heterocycles. The first-order valence-electron chi connectivity index (χ1n) is 13.4. The highest BCUT2D eigenvalue weighted by molar-refractivity contribution is 6.01. The van der Waals surface area contributed by atoms with E-state index in [1.807, 2.05) is 19.9 Å². The maximum Gasteiger partial charge on any atom is 0.306 e. The molecule has 198 valence electrons. The van der Waals surface area contributed by atoms with Gasteiger partial charge in [-0.2, -0.15) is 0 Å². The minimum absolute atomic E-state index is 0.0169. The summed E-state index contributed by atoms with van der Waals surface area (Å²) in [7, 11) is 0. The molecule has 4 aliphatic rings. The summed E-state index contributed by atoms with van der Waals surface area (Å²) >= 11 is 0. The fraction of sp³-hybridized carbons (Fsp3) is 0.724. The van der Waals surface area contributed by atoms with Crippen LogP contribution in [-0.2, 0) is 28.7 Å². The maximum absolute atomic E-state index is 13.9. The molecule has 0 unspecified atom stereocenters. The number of esters is 2. The summed E-state index contributed by atoms with van der Waals surface area (Å²) in [6.45, 7) is 11.0. The molecule has 0 amide bonds. The van der Waals surface area contributed by atoms with Gasteiger partial charge >= 0.3 is 11.9 Å².